The second kappa shape index (κ2) is 7.54. The van der Waals surface area contributed by atoms with Crippen molar-refractivity contribution in [2.75, 3.05) is 6.61 Å². The van der Waals surface area contributed by atoms with Crippen LogP contribution in [0.25, 0.3) is 6.08 Å². The molecule has 1 aliphatic heterocycles. The van der Waals surface area contributed by atoms with Crippen molar-refractivity contribution < 1.29 is 19.8 Å². The number of aliphatic hydroxyl groups is 1. The number of carboxylic acid groups (broad SMARTS) is 1. The zero-order valence-corrected chi connectivity index (χ0v) is 13.9. The Kier molecular flexibility index (Phi) is 5.70. The van der Waals surface area contributed by atoms with Crippen LogP contribution in [0.5, 0.6) is 0 Å². The van der Waals surface area contributed by atoms with Crippen LogP contribution in [0.1, 0.15) is 12.5 Å². The number of rotatable bonds is 5. The first kappa shape index (κ1) is 17.4. The molecule has 1 aromatic carbocycles. The van der Waals surface area contributed by atoms with Gasteiger partial charge in [0.2, 0.25) is 0 Å². The van der Waals surface area contributed by atoms with Gasteiger partial charge < -0.3 is 10.2 Å². The summed E-state index contributed by atoms with van der Waals surface area (Å²) >= 11 is 6.11. The zero-order valence-electron chi connectivity index (χ0n) is 12.3. The molecular weight excluding hydrogens is 334 g/mol. The molecule has 23 heavy (non-hydrogen) atoms. The Bertz CT molecular complexity index is 697. The van der Waals surface area contributed by atoms with E-state index >= 15 is 0 Å². The molecule has 0 spiro atoms. The Morgan fingerprint density at radius 1 is 1.39 bits per heavy atom. The summed E-state index contributed by atoms with van der Waals surface area (Å²) < 4.78 is 0.134. The summed E-state index contributed by atoms with van der Waals surface area (Å²) in [6.45, 7) is 1.16. The van der Waals surface area contributed by atoms with Gasteiger partial charge in [-0.15, -0.1) is 0 Å². The highest BCUT2D eigenvalue weighted by Crippen LogP contribution is 2.33. The molecule has 1 saturated heterocycles. The molecule has 1 aromatic rings. The highest BCUT2D eigenvalue weighted by molar-refractivity contribution is 8.26. The number of benzene rings is 1. The summed E-state index contributed by atoms with van der Waals surface area (Å²) in [5, 5.41) is 18.3. The lowest BCUT2D eigenvalue weighted by molar-refractivity contribution is -0.146. The minimum absolute atomic E-state index is 0.134. The van der Waals surface area contributed by atoms with Crippen molar-refractivity contribution in [3.63, 3.8) is 0 Å². The molecule has 2 rings (SSSR count). The molecule has 7 heteroatoms. The van der Waals surface area contributed by atoms with Crippen LogP contribution in [-0.4, -0.2) is 44.0 Å². The summed E-state index contributed by atoms with van der Waals surface area (Å²) in [7, 11) is 0. The fourth-order valence-corrected chi connectivity index (χ4v) is 3.49. The van der Waals surface area contributed by atoms with E-state index in [0.717, 1.165) is 27.8 Å². The van der Waals surface area contributed by atoms with Crippen molar-refractivity contribution in [1.29, 1.82) is 0 Å². The summed E-state index contributed by atoms with van der Waals surface area (Å²) in [5.74, 6) is -1.79. The highest BCUT2D eigenvalue weighted by atomic mass is 32.2. The maximum absolute atomic E-state index is 12.4. The number of amides is 1. The predicted octanol–water partition coefficient (Wildman–Crippen LogP) is 2.28. The average molecular weight is 349 g/mol. The molecule has 1 amide bonds. The number of carbonyl (C=O) groups is 2. The van der Waals surface area contributed by atoms with E-state index in [-0.39, 0.29) is 4.32 Å². The summed E-state index contributed by atoms with van der Waals surface area (Å²) in [5.41, 5.74) is 1.84. The van der Waals surface area contributed by atoms with E-state index in [1.165, 1.54) is 0 Å². The molecule has 120 valence electrons. The number of aliphatic carboxylic acids is 1. The number of nitrogens with zero attached hydrogens (tertiary/aromatic N) is 1. The quantitative estimate of drug-likeness (QED) is 0.627. The van der Waals surface area contributed by atoms with Gasteiger partial charge in [-0.25, -0.2) is 4.79 Å². The molecule has 0 bridgehead atoms. The van der Waals surface area contributed by atoms with Crippen LogP contribution in [0, 0.1) is 0 Å². The Hall–Kier alpha value is -1.96. The summed E-state index contributed by atoms with van der Waals surface area (Å²) in [6, 6.07) is 8.27. The average Bonchev–Trinajstić information content (AvgIpc) is 2.76. The van der Waals surface area contributed by atoms with Gasteiger partial charge in [0, 0.05) is 0 Å². The van der Waals surface area contributed by atoms with E-state index in [1.54, 1.807) is 6.08 Å². The molecule has 5 nitrogen and oxygen atoms in total. The second-order valence-electron chi connectivity index (χ2n) is 4.89. The van der Waals surface area contributed by atoms with Gasteiger partial charge in [-0.1, -0.05) is 60.4 Å². The molecule has 0 radical (unpaired) electrons. The van der Waals surface area contributed by atoms with Crippen LogP contribution in [0.2, 0.25) is 0 Å². The van der Waals surface area contributed by atoms with Gasteiger partial charge in [0.05, 0.1) is 11.5 Å². The van der Waals surface area contributed by atoms with E-state index in [1.807, 2.05) is 43.3 Å². The highest BCUT2D eigenvalue weighted by Gasteiger charge is 2.40. The van der Waals surface area contributed by atoms with Crippen molar-refractivity contribution in [3.05, 3.63) is 52.4 Å². The fraction of sp³-hybridized carbons (Fsp3) is 0.188. The Balaban J connectivity index is 2.25. The SMILES string of the molecule is CC(/C=C1\SC(=S)N([C@@H](CO)C(=O)O)C1=O)=C\c1ccccc1. The largest absolute Gasteiger partial charge is 0.480 e. The number of hydrogen-bond acceptors (Lipinski definition) is 5. The van der Waals surface area contributed by atoms with Gasteiger partial charge in [0.1, 0.15) is 4.32 Å². The summed E-state index contributed by atoms with van der Waals surface area (Å²) in [6.07, 6.45) is 3.58. The van der Waals surface area contributed by atoms with Gasteiger partial charge >= 0.3 is 5.97 Å². The topological polar surface area (TPSA) is 77.8 Å². The minimum Gasteiger partial charge on any atom is -0.480 e. The standard InChI is InChI=1S/C16H15NO4S2/c1-10(7-11-5-3-2-4-6-11)8-13-14(19)17(16(22)23-13)12(9-18)15(20)21/h2-8,12,18H,9H2,1H3,(H,20,21)/b10-7+,13-8-/t12-/m0/s1. The molecule has 2 N–H and O–H groups in total. The third-order valence-electron chi connectivity index (χ3n) is 3.15. The number of allylic oxidation sites excluding steroid dienone is 2. The fourth-order valence-electron chi connectivity index (χ4n) is 2.08. The number of carbonyl (C=O) groups excluding carboxylic acids is 1. The third-order valence-corrected chi connectivity index (χ3v) is 4.48. The molecule has 0 aromatic heterocycles. The summed E-state index contributed by atoms with van der Waals surface area (Å²) in [4.78, 5) is 24.8. The molecule has 1 atom stereocenters. The monoisotopic (exact) mass is 349 g/mol. The van der Waals surface area contributed by atoms with E-state index < -0.39 is 24.5 Å². The molecule has 0 aliphatic carbocycles. The van der Waals surface area contributed by atoms with Gasteiger partial charge in [-0.2, -0.15) is 0 Å². The lowest BCUT2D eigenvalue weighted by Crippen LogP contribution is -2.46. The maximum atomic E-state index is 12.4. The number of hydrogen-bond donors (Lipinski definition) is 2. The predicted molar refractivity (Wildman–Crippen MR) is 93.7 cm³/mol. The van der Waals surface area contributed by atoms with Crippen LogP contribution in [0.3, 0.4) is 0 Å². The van der Waals surface area contributed by atoms with Gasteiger partial charge in [0.25, 0.3) is 5.91 Å². The first-order chi connectivity index (χ1) is 10.9. The van der Waals surface area contributed by atoms with Gasteiger partial charge in [-0.3, -0.25) is 9.69 Å². The van der Waals surface area contributed by atoms with Crippen LogP contribution in [0.4, 0.5) is 0 Å². The van der Waals surface area contributed by atoms with E-state index in [9.17, 15) is 14.7 Å². The number of thioether (sulfide) groups is 1. The van der Waals surface area contributed by atoms with Crippen LogP contribution in [-0.2, 0) is 9.59 Å². The Labute approximate surface area is 143 Å². The molecule has 1 heterocycles. The number of thiocarbonyl (C=S) groups is 1. The molecule has 1 aliphatic rings. The van der Waals surface area contributed by atoms with Crippen molar-refractivity contribution in [2.24, 2.45) is 0 Å². The molecular formula is C16H15NO4S2. The zero-order chi connectivity index (χ0) is 17.0. The maximum Gasteiger partial charge on any atom is 0.329 e. The third kappa shape index (κ3) is 4.07. The molecule has 0 unspecified atom stereocenters. The van der Waals surface area contributed by atoms with Crippen molar-refractivity contribution in [3.8, 4) is 0 Å². The molecule has 0 saturated carbocycles. The van der Waals surface area contributed by atoms with Crippen molar-refractivity contribution in [2.45, 2.75) is 13.0 Å². The lowest BCUT2D eigenvalue weighted by atomic mass is 10.1. The lowest BCUT2D eigenvalue weighted by Gasteiger charge is -2.20. The van der Waals surface area contributed by atoms with Crippen LogP contribution < -0.4 is 0 Å². The second-order valence-corrected chi connectivity index (χ2v) is 6.56. The smallest absolute Gasteiger partial charge is 0.329 e. The van der Waals surface area contributed by atoms with Crippen molar-refractivity contribution >= 4 is 46.3 Å². The van der Waals surface area contributed by atoms with E-state index in [0.29, 0.717) is 4.91 Å². The first-order valence-corrected chi connectivity index (χ1v) is 8.00. The molecule has 1 fully saturated rings. The number of carboxylic acids is 1. The first-order valence-electron chi connectivity index (χ1n) is 6.78. The van der Waals surface area contributed by atoms with E-state index in [2.05, 4.69) is 0 Å². The van der Waals surface area contributed by atoms with Crippen LogP contribution >= 0.6 is 24.0 Å². The Morgan fingerprint density at radius 3 is 2.61 bits per heavy atom. The van der Waals surface area contributed by atoms with Crippen LogP contribution in [0.15, 0.2) is 46.9 Å². The van der Waals surface area contributed by atoms with Gasteiger partial charge in [0.15, 0.2) is 6.04 Å². The van der Waals surface area contributed by atoms with Crippen molar-refractivity contribution in [1.82, 2.24) is 4.90 Å². The minimum atomic E-state index is -1.35. The van der Waals surface area contributed by atoms with Gasteiger partial charge in [-0.05, 0) is 24.1 Å². The number of aliphatic hydroxyl groups excluding tert-OH is 1. The normalized spacial score (nSPS) is 18.6. The Morgan fingerprint density at radius 2 is 2.04 bits per heavy atom. The van der Waals surface area contributed by atoms with E-state index in [4.69, 9.17) is 17.3 Å².